The van der Waals surface area contributed by atoms with E-state index in [1.54, 1.807) is 41.5 Å². The smallest absolute Gasteiger partial charge is 0.188 e. The van der Waals surface area contributed by atoms with Crippen LogP contribution in [0.5, 0.6) is 0 Å². The van der Waals surface area contributed by atoms with Crippen molar-refractivity contribution in [1.82, 2.24) is 14.8 Å². The van der Waals surface area contributed by atoms with Crippen molar-refractivity contribution < 1.29 is 4.79 Å². The normalized spacial score (nSPS) is 10.5. The number of nitrogens with zero attached hydrogens (tertiary/aromatic N) is 4. The van der Waals surface area contributed by atoms with Gasteiger partial charge >= 0.3 is 0 Å². The van der Waals surface area contributed by atoms with Crippen LogP contribution in [-0.4, -0.2) is 20.5 Å². The first-order valence-electron chi connectivity index (χ1n) is 8.07. The average Bonchev–Trinajstić information content (AvgIpc) is 3.21. The maximum Gasteiger partial charge on any atom is 0.188 e. The highest BCUT2D eigenvalue weighted by molar-refractivity contribution is 6.25. The van der Waals surface area contributed by atoms with E-state index >= 15 is 0 Å². The Hall–Kier alpha value is -3.95. The number of anilines is 1. The number of allylic oxidation sites excluding steroid dienone is 2. The van der Waals surface area contributed by atoms with Gasteiger partial charge in [-0.1, -0.05) is 18.6 Å². The molecule has 2 aromatic heterocycles. The van der Waals surface area contributed by atoms with Crippen molar-refractivity contribution in [2.75, 3.05) is 5.01 Å². The molecule has 0 spiro atoms. The second-order valence-corrected chi connectivity index (χ2v) is 5.59. The van der Waals surface area contributed by atoms with E-state index < -0.39 is 0 Å². The topological polar surface area (TPSA) is 77.0 Å². The van der Waals surface area contributed by atoms with Crippen LogP contribution in [0.3, 0.4) is 0 Å². The van der Waals surface area contributed by atoms with Crippen LogP contribution in [0.15, 0.2) is 79.9 Å². The standard InChI is InChI=1S/C21H17N5O/c1-3-17-5-4-6-19(15-17)26-20(9-13-24-26)16(2)21(27)10-14-25(22)18-7-11-23-12-8-18/h1,4-15H,2,22H2/b14-10-. The molecule has 6 nitrogen and oxygen atoms in total. The molecule has 6 heteroatoms. The second-order valence-electron chi connectivity index (χ2n) is 5.59. The molecule has 1 aromatic carbocycles. The molecule has 0 unspecified atom stereocenters. The number of aromatic nitrogens is 3. The predicted octanol–water partition coefficient (Wildman–Crippen LogP) is 2.72. The summed E-state index contributed by atoms with van der Waals surface area (Å²) in [5.41, 5.74) is 3.04. The van der Waals surface area contributed by atoms with Crippen molar-refractivity contribution >= 4 is 17.0 Å². The van der Waals surface area contributed by atoms with Gasteiger partial charge in [0, 0.05) is 35.8 Å². The van der Waals surface area contributed by atoms with Gasteiger partial charge in [0.1, 0.15) is 0 Å². The van der Waals surface area contributed by atoms with Crippen molar-refractivity contribution in [2.45, 2.75) is 0 Å². The van der Waals surface area contributed by atoms with Gasteiger partial charge in [0.05, 0.1) is 23.3 Å². The lowest BCUT2D eigenvalue weighted by molar-refractivity contribution is -0.109. The van der Waals surface area contributed by atoms with E-state index in [1.165, 1.54) is 17.3 Å². The number of pyridine rings is 1. The zero-order valence-corrected chi connectivity index (χ0v) is 14.5. The van der Waals surface area contributed by atoms with Crippen LogP contribution in [0.1, 0.15) is 11.3 Å². The molecule has 3 aromatic rings. The van der Waals surface area contributed by atoms with Crippen LogP contribution in [-0.2, 0) is 4.79 Å². The molecule has 0 aliphatic heterocycles. The maximum absolute atomic E-state index is 12.5. The number of hydrogen-bond acceptors (Lipinski definition) is 5. The summed E-state index contributed by atoms with van der Waals surface area (Å²) in [5, 5.41) is 5.61. The molecule has 0 aliphatic carbocycles. The summed E-state index contributed by atoms with van der Waals surface area (Å²) in [6, 6.07) is 12.5. The van der Waals surface area contributed by atoms with Gasteiger partial charge < -0.3 is 0 Å². The molecule has 2 heterocycles. The molecular weight excluding hydrogens is 338 g/mol. The van der Waals surface area contributed by atoms with E-state index in [0.717, 1.165) is 11.3 Å². The van der Waals surface area contributed by atoms with Crippen molar-refractivity contribution in [3.05, 3.63) is 91.2 Å². The Balaban J connectivity index is 1.80. The summed E-state index contributed by atoms with van der Waals surface area (Å²) >= 11 is 0. The molecular formula is C21H17N5O. The number of carbonyl (C=O) groups is 1. The Kier molecular flexibility index (Phi) is 5.26. The third-order valence-corrected chi connectivity index (χ3v) is 3.85. The van der Waals surface area contributed by atoms with Crippen molar-refractivity contribution in [1.29, 1.82) is 0 Å². The lowest BCUT2D eigenvalue weighted by Crippen LogP contribution is -2.24. The molecule has 27 heavy (non-hydrogen) atoms. The van der Waals surface area contributed by atoms with E-state index in [4.69, 9.17) is 12.3 Å². The van der Waals surface area contributed by atoms with Crippen LogP contribution >= 0.6 is 0 Å². The number of hydrazine groups is 1. The first kappa shape index (κ1) is 17.9. The fourth-order valence-electron chi connectivity index (χ4n) is 2.44. The minimum absolute atomic E-state index is 0.283. The SMILES string of the molecule is C#Cc1cccc(-n2nccc2C(=C)C(=O)/C=C\N(N)c2ccncc2)c1. The Morgan fingerprint density at radius 3 is 2.74 bits per heavy atom. The van der Waals surface area contributed by atoms with E-state index in [2.05, 4.69) is 22.6 Å². The second kappa shape index (κ2) is 7.95. The number of benzene rings is 1. The van der Waals surface area contributed by atoms with E-state index in [9.17, 15) is 4.79 Å². The number of hydrogen-bond donors (Lipinski definition) is 1. The zero-order valence-electron chi connectivity index (χ0n) is 14.5. The summed E-state index contributed by atoms with van der Waals surface area (Å²) in [6.45, 7) is 3.91. The zero-order chi connectivity index (χ0) is 19.2. The third kappa shape index (κ3) is 4.00. The van der Waals surface area contributed by atoms with Gasteiger partial charge in [0.25, 0.3) is 0 Å². The Labute approximate surface area is 157 Å². The lowest BCUT2D eigenvalue weighted by atomic mass is 10.1. The Morgan fingerprint density at radius 2 is 2.00 bits per heavy atom. The first-order valence-corrected chi connectivity index (χ1v) is 8.07. The van der Waals surface area contributed by atoms with Crippen LogP contribution in [0.2, 0.25) is 0 Å². The summed E-state index contributed by atoms with van der Waals surface area (Å²) in [5.74, 6) is 8.22. The van der Waals surface area contributed by atoms with Gasteiger partial charge in [0.2, 0.25) is 0 Å². The van der Waals surface area contributed by atoms with Crippen LogP contribution in [0, 0.1) is 12.3 Å². The minimum Gasteiger partial charge on any atom is -0.289 e. The van der Waals surface area contributed by atoms with E-state index in [1.807, 2.05) is 24.3 Å². The molecule has 0 radical (unpaired) electrons. The highest BCUT2D eigenvalue weighted by atomic mass is 16.1. The van der Waals surface area contributed by atoms with Gasteiger partial charge in [-0.25, -0.2) is 10.5 Å². The summed E-state index contributed by atoms with van der Waals surface area (Å²) < 4.78 is 1.62. The first-order chi connectivity index (χ1) is 13.1. The highest BCUT2D eigenvalue weighted by Crippen LogP contribution is 2.19. The van der Waals surface area contributed by atoms with Gasteiger partial charge in [-0.15, -0.1) is 6.42 Å². The minimum atomic E-state index is -0.283. The largest absolute Gasteiger partial charge is 0.289 e. The number of rotatable bonds is 6. The Morgan fingerprint density at radius 1 is 1.22 bits per heavy atom. The lowest BCUT2D eigenvalue weighted by Gasteiger charge is -2.13. The van der Waals surface area contributed by atoms with Crippen LogP contribution in [0.25, 0.3) is 11.3 Å². The monoisotopic (exact) mass is 355 g/mol. The fraction of sp³-hybridized carbons (Fsp3) is 0. The molecule has 0 fully saturated rings. The summed E-state index contributed by atoms with van der Waals surface area (Å²) in [4.78, 5) is 16.5. The number of nitrogens with two attached hydrogens (primary N) is 1. The van der Waals surface area contributed by atoms with E-state index in [0.29, 0.717) is 11.4 Å². The fourth-order valence-corrected chi connectivity index (χ4v) is 2.44. The van der Waals surface area contributed by atoms with Gasteiger partial charge in [-0.3, -0.25) is 14.8 Å². The third-order valence-electron chi connectivity index (χ3n) is 3.85. The molecule has 132 valence electrons. The van der Waals surface area contributed by atoms with Crippen molar-refractivity contribution in [3.63, 3.8) is 0 Å². The number of ketones is 1. The Bertz CT molecular complexity index is 1040. The van der Waals surface area contributed by atoms with E-state index in [-0.39, 0.29) is 11.4 Å². The highest BCUT2D eigenvalue weighted by Gasteiger charge is 2.13. The maximum atomic E-state index is 12.5. The molecule has 0 saturated carbocycles. The molecule has 0 bridgehead atoms. The summed E-state index contributed by atoms with van der Waals surface area (Å²) in [7, 11) is 0. The number of terminal acetylenes is 1. The predicted molar refractivity (Wildman–Crippen MR) is 106 cm³/mol. The molecule has 0 saturated heterocycles. The molecule has 0 amide bonds. The van der Waals surface area contributed by atoms with Crippen molar-refractivity contribution in [2.24, 2.45) is 5.84 Å². The van der Waals surface area contributed by atoms with Gasteiger partial charge in [-0.2, -0.15) is 5.10 Å². The average molecular weight is 355 g/mol. The van der Waals surface area contributed by atoms with Gasteiger partial charge in [0.15, 0.2) is 5.78 Å². The molecule has 0 aliphatic rings. The van der Waals surface area contributed by atoms with Crippen molar-refractivity contribution in [3.8, 4) is 18.0 Å². The van der Waals surface area contributed by atoms with Crippen LogP contribution < -0.4 is 10.9 Å². The molecule has 0 atom stereocenters. The van der Waals surface area contributed by atoms with Gasteiger partial charge in [-0.05, 0) is 36.4 Å². The summed E-state index contributed by atoms with van der Waals surface area (Å²) in [6.07, 6.45) is 13.1. The molecule has 2 N–H and O–H groups in total. The number of carbonyl (C=O) groups excluding carboxylic acids is 1. The molecule has 3 rings (SSSR count). The van der Waals surface area contributed by atoms with Crippen LogP contribution in [0.4, 0.5) is 5.69 Å². The quantitative estimate of drug-likeness (QED) is 0.318.